The Morgan fingerprint density at radius 2 is 1.78 bits per heavy atom. The lowest BCUT2D eigenvalue weighted by Gasteiger charge is -2.09. The molecule has 0 saturated heterocycles. The van der Waals surface area contributed by atoms with E-state index in [0.717, 1.165) is 0 Å². The van der Waals surface area contributed by atoms with Gasteiger partial charge in [0.15, 0.2) is 17.4 Å². The Labute approximate surface area is 156 Å². The second kappa shape index (κ2) is 7.16. The van der Waals surface area contributed by atoms with Crippen LogP contribution in [0.25, 0.3) is 0 Å². The molecule has 0 unspecified atom stereocenters. The largest absolute Gasteiger partial charge is 0.339 e. The summed E-state index contributed by atoms with van der Waals surface area (Å²) in [7, 11) is -3.82. The molecule has 3 rings (SSSR count). The third-order valence-electron chi connectivity index (χ3n) is 3.77. The molecule has 0 bridgehead atoms. The number of nitrogens with one attached hydrogen (secondary N) is 3. The zero-order valence-corrected chi connectivity index (χ0v) is 15.8. The number of hydrogen-bond acceptors (Lipinski definition) is 7. The maximum Gasteiger partial charge on any atom is 0.266 e. The molecule has 10 heteroatoms. The molecule has 1 aromatic carbocycles. The molecule has 0 aliphatic carbocycles. The van der Waals surface area contributed by atoms with Crippen molar-refractivity contribution < 1.29 is 13.2 Å². The van der Waals surface area contributed by atoms with Gasteiger partial charge in [-0.15, -0.1) is 10.2 Å². The molecule has 3 N–H and O–H groups in total. The van der Waals surface area contributed by atoms with E-state index < -0.39 is 10.0 Å². The molecule has 0 aliphatic heterocycles. The Bertz CT molecular complexity index is 1070. The van der Waals surface area contributed by atoms with Crippen molar-refractivity contribution in [2.45, 2.75) is 25.7 Å². The number of carbonyl (C=O) groups is 1. The average Bonchev–Trinajstić information content (AvgIpc) is 2.96. The van der Waals surface area contributed by atoms with Crippen LogP contribution < -0.4 is 10.0 Å². The third-order valence-corrected chi connectivity index (χ3v) is 5.39. The number of benzene rings is 1. The van der Waals surface area contributed by atoms with Crippen molar-refractivity contribution in [3.8, 4) is 0 Å². The smallest absolute Gasteiger partial charge is 0.266 e. The van der Waals surface area contributed by atoms with E-state index in [2.05, 4.69) is 30.4 Å². The van der Waals surface area contributed by atoms with Crippen molar-refractivity contribution in [1.82, 2.24) is 20.4 Å². The highest BCUT2D eigenvalue weighted by Gasteiger charge is 2.22. The van der Waals surface area contributed by atoms with Crippen molar-refractivity contribution in [1.29, 1.82) is 0 Å². The van der Waals surface area contributed by atoms with Crippen LogP contribution in [0.3, 0.4) is 0 Å². The van der Waals surface area contributed by atoms with Crippen LogP contribution in [0, 0.1) is 13.8 Å². The van der Waals surface area contributed by atoms with Gasteiger partial charge in [0.2, 0.25) is 0 Å². The number of ketones is 1. The molecule has 0 fully saturated rings. The molecule has 0 amide bonds. The Morgan fingerprint density at radius 1 is 1.07 bits per heavy atom. The van der Waals surface area contributed by atoms with Gasteiger partial charge in [0.1, 0.15) is 4.90 Å². The van der Waals surface area contributed by atoms with Crippen LogP contribution >= 0.6 is 0 Å². The monoisotopic (exact) mass is 386 g/mol. The summed E-state index contributed by atoms with van der Waals surface area (Å²) >= 11 is 0. The zero-order chi connectivity index (χ0) is 19.6. The third kappa shape index (κ3) is 4.11. The minimum Gasteiger partial charge on any atom is -0.339 e. The highest BCUT2D eigenvalue weighted by molar-refractivity contribution is 7.92. The number of hydrogen-bond donors (Lipinski definition) is 3. The number of aromatic nitrogens is 4. The Balaban J connectivity index is 1.76. The van der Waals surface area contributed by atoms with Gasteiger partial charge in [-0.2, -0.15) is 5.10 Å². The van der Waals surface area contributed by atoms with E-state index in [-0.39, 0.29) is 16.5 Å². The van der Waals surface area contributed by atoms with E-state index in [4.69, 9.17) is 0 Å². The summed E-state index contributed by atoms with van der Waals surface area (Å²) in [6.45, 7) is 4.72. The normalized spacial score (nSPS) is 11.2. The van der Waals surface area contributed by atoms with Crippen LogP contribution in [0.4, 0.5) is 17.3 Å². The fourth-order valence-electron chi connectivity index (χ4n) is 2.54. The molecule has 9 nitrogen and oxygen atoms in total. The number of H-pyrrole nitrogens is 1. The summed E-state index contributed by atoms with van der Waals surface area (Å²) in [6.07, 6.45) is 0. The second-order valence-electron chi connectivity index (χ2n) is 5.93. The molecule has 140 valence electrons. The van der Waals surface area contributed by atoms with Crippen molar-refractivity contribution >= 4 is 33.1 Å². The molecule has 0 atom stereocenters. The summed E-state index contributed by atoms with van der Waals surface area (Å²) < 4.78 is 27.4. The van der Waals surface area contributed by atoms with Crippen LogP contribution in [0.5, 0.6) is 0 Å². The summed E-state index contributed by atoms with van der Waals surface area (Å²) in [5, 5.41) is 17.4. The number of Topliss-reactive ketones (excluding diaryl/α,β-unsaturated/α-hetero) is 1. The number of anilines is 3. The SMILES string of the molecule is CC(=O)c1cccc(Nc2ccc(NS(=O)(=O)c3c(C)n[nH]c3C)nn2)c1. The number of aryl methyl sites for hydroxylation is 2. The van der Waals surface area contributed by atoms with Crippen LogP contribution in [0.2, 0.25) is 0 Å². The summed E-state index contributed by atoms with van der Waals surface area (Å²) in [4.78, 5) is 11.5. The molecule has 0 radical (unpaired) electrons. The molecule has 2 heterocycles. The van der Waals surface area contributed by atoms with Gasteiger partial charge in [0, 0.05) is 11.3 Å². The second-order valence-corrected chi connectivity index (χ2v) is 7.55. The highest BCUT2D eigenvalue weighted by atomic mass is 32.2. The molecule has 2 aromatic heterocycles. The topological polar surface area (TPSA) is 130 Å². The molecule has 0 saturated carbocycles. The fourth-order valence-corrected chi connectivity index (χ4v) is 3.91. The van der Waals surface area contributed by atoms with Crippen molar-refractivity contribution in [3.63, 3.8) is 0 Å². The first kappa shape index (κ1) is 18.5. The van der Waals surface area contributed by atoms with Gasteiger partial charge < -0.3 is 5.32 Å². The predicted octanol–water partition coefficient (Wildman–Crippen LogP) is 2.56. The van der Waals surface area contributed by atoms with E-state index >= 15 is 0 Å². The molecular formula is C17H18N6O3S. The predicted molar refractivity (Wildman–Crippen MR) is 101 cm³/mol. The van der Waals surface area contributed by atoms with E-state index in [1.54, 1.807) is 44.2 Å². The quantitative estimate of drug-likeness (QED) is 0.555. The van der Waals surface area contributed by atoms with Gasteiger partial charge >= 0.3 is 0 Å². The lowest BCUT2D eigenvalue weighted by atomic mass is 10.1. The standard InChI is InChI=1S/C17H18N6O3S/c1-10-17(11(2)20-19-10)27(25,26)23-16-8-7-15(21-22-16)18-14-6-4-5-13(9-14)12(3)24/h4-9H,1-3H3,(H,18,21)(H,19,20)(H,22,23). The number of sulfonamides is 1. The van der Waals surface area contributed by atoms with Gasteiger partial charge in [-0.25, -0.2) is 8.42 Å². The van der Waals surface area contributed by atoms with E-state index in [0.29, 0.717) is 28.5 Å². The first-order valence-corrected chi connectivity index (χ1v) is 9.51. The Morgan fingerprint density at radius 3 is 2.37 bits per heavy atom. The van der Waals surface area contributed by atoms with Gasteiger partial charge in [0.25, 0.3) is 10.0 Å². The Hall–Kier alpha value is -3.27. The first-order chi connectivity index (χ1) is 12.8. The van der Waals surface area contributed by atoms with E-state index in [1.807, 2.05) is 0 Å². The van der Waals surface area contributed by atoms with Crippen LogP contribution in [0.1, 0.15) is 28.7 Å². The van der Waals surface area contributed by atoms with Gasteiger partial charge in [0.05, 0.1) is 11.4 Å². The van der Waals surface area contributed by atoms with E-state index in [1.165, 1.54) is 13.0 Å². The summed E-state index contributed by atoms with van der Waals surface area (Å²) in [6, 6.07) is 10.0. The first-order valence-electron chi connectivity index (χ1n) is 8.02. The molecule has 3 aromatic rings. The lowest BCUT2D eigenvalue weighted by Crippen LogP contribution is -2.16. The zero-order valence-electron chi connectivity index (χ0n) is 14.9. The van der Waals surface area contributed by atoms with Gasteiger partial charge in [-0.05, 0) is 45.0 Å². The maximum absolute atomic E-state index is 12.5. The molecule has 0 aliphatic rings. The number of carbonyl (C=O) groups excluding carboxylic acids is 1. The number of nitrogens with zero attached hydrogens (tertiary/aromatic N) is 3. The summed E-state index contributed by atoms with van der Waals surface area (Å²) in [5.74, 6) is 0.451. The van der Waals surface area contributed by atoms with Gasteiger partial charge in [-0.3, -0.25) is 14.6 Å². The van der Waals surface area contributed by atoms with Crippen LogP contribution in [0.15, 0.2) is 41.3 Å². The molecule has 27 heavy (non-hydrogen) atoms. The highest BCUT2D eigenvalue weighted by Crippen LogP contribution is 2.21. The number of rotatable bonds is 6. The average molecular weight is 386 g/mol. The lowest BCUT2D eigenvalue weighted by molar-refractivity contribution is 0.101. The molecule has 0 spiro atoms. The number of aromatic amines is 1. The summed E-state index contributed by atoms with van der Waals surface area (Å²) in [5.41, 5.74) is 2.06. The maximum atomic E-state index is 12.5. The van der Waals surface area contributed by atoms with E-state index in [9.17, 15) is 13.2 Å². The Kier molecular flexibility index (Phi) is 4.91. The van der Waals surface area contributed by atoms with Crippen molar-refractivity contribution in [2.75, 3.05) is 10.0 Å². The molecular weight excluding hydrogens is 368 g/mol. The van der Waals surface area contributed by atoms with Crippen LogP contribution in [-0.2, 0) is 10.0 Å². The minimum absolute atomic E-state index is 0.0423. The minimum atomic E-state index is -3.82. The van der Waals surface area contributed by atoms with Gasteiger partial charge in [-0.1, -0.05) is 12.1 Å². The fraction of sp³-hybridized carbons (Fsp3) is 0.176. The van der Waals surface area contributed by atoms with Crippen LogP contribution in [-0.4, -0.2) is 34.6 Å². The van der Waals surface area contributed by atoms with Crippen molar-refractivity contribution in [2.24, 2.45) is 0 Å². The van der Waals surface area contributed by atoms with Crippen molar-refractivity contribution in [3.05, 3.63) is 53.3 Å².